The van der Waals surface area contributed by atoms with Crippen LogP contribution in [0.3, 0.4) is 0 Å². The molecule has 0 bridgehead atoms. The summed E-state index contributed by atoms with van der Waals surface area (Å²) >= 11 is 6.15. The van der Waals surface area contributed by atoms with E-state index < -0.39 is 27.8 Å². The topological polar surface area (TPSA) is 98.3 Å². The van der Waals surface area contributed by atoms with Gasteiger partial charge in [0.15, 0.2) is 0 Å². The molecule has 26 heavy (non-hydrogen) atoms. The average molecular weight is 371 g/mol. The summed E-state index contributed by atoms with van der Waals surface area (Å²) < 4.78 is 1.10. The Balaban J connectivity index is 1.82. The quantitative estimate of drug-likeness (QED) is 0.304. The van der Waals surface area contributed by atoms with Gasteiger partial charge in [-0.1, -0.05) is 24.3 Å². The first kappa shape index (κ1) is 16.2. The smallest absolute Gasteiger partial charge is 0.271 e. The summed E-state index contributed by atoms with van der Waals surface area (Å²) in [6.07, 6.45) is 1.26. The van der Waals surface area contributed by atoms with Crippen molar-refractivity contribution < 1.29 is 9.72 Å². The maximum atomic E-state index is 12.7. The third-order valence-electron chi connectivity index (χ3n) is 4.31. The van der Waals surface area contributed by atoms with Gasteiger partial charge in [0.1, 0.15) is 17.7 Å². The molecule has 0 radical (unpaired) electrons. The zero-order valence-corrected chi connectivity index (χ0v) is 13.9. The predicted molar refractivity (Wildman–Crippen MR) is 94.7 cm³/mol. The molecule has 2 atom stereocenters. The van der Waals surface area contributed by atoms with Crippen molar-refractivity contribution in [3.63, 3.8) is 0 Å². The van der Waals surface area contributed by atoms with Gasteiger partial charge < -0.3 is 0 Å². The number of carbonyl (C=O) groups excluding carboxylic acids is 1. The van der Waals surface area contributed by atoms with E-state index in [2.05, 4.69) is 4.98 Å². The van der Waals surface area contributed by atoms with E-state index in [4.69, 9.17) is 11.6 Å². The van der Waals surface area contributed by atoms with Crippen molar-refractivity contribution in [3.8, 4) is 0 Å². The van der Waals surface area contributed by atoms with Gasteiger partial charge in [0.05, 0.1) is 15.8 Å². The lowest BCUT2D eigenvalue weighted by Gasteiger charge is -2.44. The van der Waals surface area contributed by atoms with Crippen LogP contribution in [0.4, 0.5) is 5.69 Å². The minimum atomic E-state index is -0.921. The van der Waals surface area contributed by atoms with Crippen LogP contribution in [-0.2, 0) is 4.79 Å². The van der Waals surface area contributed by atoms with E-state index in [1.54, 1.807) is 30.3 Å². The second-order valence-electron chi connectivity index (χ2n) is 5.79. The third kappa shape index (κ3) is 2.34. The summed E-state index contributed by atoms with van der Waals surface area (Å²) in [5.74, 6) is -0.470. The Bertz CT molecular complexity index is 1110. The summed E-state index contributed by atoms with van der Waals surface area (Å²) in [4.78, 5) is 39.7. The van der Waals surface area contributed by atoms with E-state index >= 15 is 0 Å². The number of halogens is 1. The maximum absolute atomic E-state index is 12.7. The summed E-state index contributed by atoms with van der Waals surface area (Å²) in [6.45, 7) is 0. The van der Waals surface area contributed by atoms with Gasteiger partial charge in [0.25, 0.3) is 17.2 Å². The molecule has 0 spiro atoms. The molecule has 8 nitrogen and oxygen atoms in total. The molecule has 9 heteroatoms. The fraction of sp³-hybridized carbons (Fsp3) is 0.118. The highest BCUT2D eigenvalue weighted by Gasteiger charge is 2.49. The number of β-lactam (4-membered cyclic amide) rings is 1. The monoisotopic (exact) mass is 370 g/mol. The number of alkyl halides is 1. The number of benzene rings is 2. The van der Waals surface area contributed by atoms with E-state index in [9.17, 15) is 19.7 Å². The minimum Gasteiger partial charge on any atom is -0.271 e. The maximum Gasteiger partial charge on any atom is 0.280 e. The van der Waals surface area contributed by atoms with Crippen LogP contribution < -0.4 is 10.6 Å². The summed E-state index contributed by atoms with van der Waals surface area (Å²) in [6, 6.07) is 11.9. The second-order valence-corrected chi connectivity index (χ2v) is 6.26. The van der Waals surface area contributed by atoms with Crippen molar-refractivity contribution in [1.82, 2.24) is 9.66 Å². The summed E-state index contributed by atoms with van der Waals surface area (Å²) in [7, 11) is 0. The normalized spacial score (nSPS) is 19.4. The van der Waals surface area contributed by atoms with E-state index in [0.29, 0.717) is 16.5 Å². The van der Waals surface area contributed by atoms with Crippen LogP contribution in [0.1, 0.15) is 11.6 Å². The average Bonchev–Trinajstić information content (AvgIpc) is 2.66. The van der Waals surface area contributed by atoms with E-state index in [1.807, 2.05) is 0 Å². The Kier molecular flexibility index (Phi) is 3.69. The van der Waals surface area contributed by atoms with Crippen molar-refractivity contribution in [2.45, 2.75) is 11.4 Å². The third-order valence-corrected chi connectivity index (χ3v) is 4.73. The summed E-state index contributed by atoms with van der Waals surface area (Å²) in [5.41, 5.74) is 0.451. The van der Waals surface area contributed by atoms with Crippen molar-refractivity contribution in [3.05, 3.63) is 80.9 Å². The predicted octanol–water partition coefficient (Wildman–Crippen LogP) is 2.13. The number of nitrogens with zero attached hydrogens (tertiary/aromatic N) is 4. The van der Waals surface area contributed by atoms with Crippen LogP contribution in [-0.4, -0.2) is 25.9 Å². The first-order valence-corrected chi connectivity index (χ1v) is 8.11. The molecule has 3 aromatic rings. The molecule has 1 amide bonds. The van der Waals surface area contributed by atoms with Gasteiger partial charge >= 0.3 is 0 Å². The molecule has 1 saturated heterocycles. The zero-order valence-electron chi connectivity index (χ0n) is 13.2. The largest absolute Gasteiger partial charge is 0.280 e. The van der Waals surface area contributed by atoms with Crippen molar-refractivity contribution in [2.75, 3.05) is 5.01 Å². The van der Waals surface area contributed by atoms with Gasteiger partial charge in [-0.05, 0) is 17.7 Å². The minimum absolute atomic E-state index is 0.116. The fourth-order valence-corrected chi connectivity index (χ4v) is 3.38. The van der Waals surface area contributed by atoms with Gasteiger partial charge in [-0.2, -0.15) is 0 Å². The molecular weight excluding hydrogens is 360 g/mol. The molecule has 130 valence electrons. The molecule has 2 heterocycles. The number of para-hydroxylation sites is 1. The van der Waals surface area contributed by atoms with Crippen molar-refractivity contribution in [2.24, 2.45) is 0 Å². The Morgan fingerprint density at radius 3 is 2.65 bits per heavy atom. The number of rotatable bonds is 3. The van der Waals surface area contributed by atoms with Crippen LogP contribution >= 0.6 is 11.6 Å². The van der Waals surface area contributed by atoms with Gasteiger partial charge in [0, 0.05) is 12.1 Å². The Hall–Kier alpha value is -3.26. The molecule has 1 aromatic heterocycles. The number of nitro groups is 1. The molecular formula is C17H11ClN4O4. The molecule has 0 N–H and O–H groups in total. The van der Waals surface area contributed by atoms with Crippen LogP contribution in [0, 0.1) is 10.1 Å². The highest BCUT2D eigenvalue weighted by Crippen LogP contribution is 2.37. The lowest BCUT2D eigenvalue weighted by molar-refractivity contribution is -0.384. The van der Waals surface area contributed by atoms with Gasteiger partial charge in [-0.25, -0.2) is 14.7 Å². The Morgan fingerprint density at radius 2 is 1.88 bits per heavy atom. The first-order chi connectivity index (χ1) is 12.5. The standard InChI is InChI=1S/C17H11ClN4O4/c18-14-15(10-4-3-5-11(8-10)22(25)26)21(17(14)24)20-9-19-13-7-2-1-6-12(13)16(20)23/h1-9,14-15H. The van der Waals surface area contributed by atoms with E-state index in [-0.39, 0.29) is 5.69 Å². The fourth-order valence-electron chi connectivity index (χ4n) is 3.03. The van der Waals surface area contributed by atoms with Crippen LogP contribution in [0.5, 0.6) is 0 Å². The molecule has 2 unspecified atom stereocenters. The molecule has 1 aliphatic heterocycles. The summed E-state index contributed by atoms with van der Waals surface area (Å²) in [5, 5.41) is 11.6. The highest BCUT2D eigenvalue weighted by molar-refractivity contribution is 6.36. The Labute approximate surface area is 151 Å². The molecule has 0 aliphatic carbocycles. The molecule has 2 aromatic carbocycles. The Morgan fingerprint density at radius 1 is 1.12 bits per heavy atom. The lowest BCUT2D eigenvalue weighted by atomic mass is 9.95. The number of carbonyl (C=O) groups is 1. The van der Waals surface area contributed by atoms with E-state index in [0.717, 1.165) is 4.68 Å². The molecule has 1 fully saturated rings. The van der Waals surface area contributed by atoms with Crippen LogP contribution in [0.2, 0.25) is 0 Å². The lowest BCUT2D eigenvalue weighted by Crippen LogP contribution is -2.64. The number of aromatic nitrogens is 2. The van der Waals surface area contributed by atoms with Gasteiger partial charge in [-0.3, -0.25) is 19.7 Å². The number of hydrogen-bond donors (Lipinski definition) is 0. The molecule has 1 aliphatic rings. The van der Waals surface area contributed by atoms with Crippen LogP contribution in [0.15, 0.2) is 59.7 Å². The van der Waals surface area contributed by atoms with Crippen molar-refractivity contribution in [1.29, 1.82) is 0 Å². The number of nitro benzene ring substituents is 1. The van der Waals surface area contributed by atoms with Crippen LogP contribution in [0.25, 0.3) is 10.9 Å². The SMILES string of the molecule is O=C1C(Cl)C(c2cccc([N+](=O)[O-])c2)N1n1cnc2ccccc2c1=O. The second kappa shape index (κ2) is 5.92. The first-order valence-electron chi connectivity index (χ1n) is 7.67. The zero-order chi connectivity index (χ0) is 18.4. The number of hydrogen-bond acceptors (Lipinski definition) is 5. The van der Waals surface area contributed by atoms with Gasteiger partial charge in [-0.15, -0.1) is 11.6 Å². The molecule has 0 saturated carbocycles. The number of amides is 1. The van der Waals surface area contributed by atoms with Crippen molar-refractivity contribution >= 4 is 34.1 Å². The molecule has 4 rings (SSSR count). The van der Waals surface area contributed by atoms with Gasteiger partial charge in [0.2, 0.25) is 0 Å². The highest BCUT2D eigenvalue weighted by atomic mass is 35.5. The number of non-ortho nitro benzene ring substituents is 1. The van der Waals surface area contributed by atoms with E-state index in [1.165, 1.54) is 29.5 Å². The number of fused-ring (bicyclic) bond motifs is 1.